The van der Waals surface area contributed by atoms with Gasteiger partial charge in [-0.05, 0) is 50.7 Å². The molecule has 5 rings (SSSR count). The van der Waals surface area contributed by atoms with Crippen LogP contribution in [-0.4, -0.2) is 38.6 Å². The summed E-state index contributed by atoms with van der Waals surface area (Å²) in [6, 6.07) is 21.5. The number of carbonyl (C=O) groups excluding carboxylic acids is 2. The Labute approximate surface area is 206 Å². The highest BCUT2D eigenvalue weighted by molar-refractivity contribution is 6.00. The van der Waals surface area contributed by atoms with E-state index in [0.717, 1.165) is 36.1 Å². The molecular formula is C29H32N4O2. The highest BCUT2D eigenvalue weighted by Crippen LogP contribution is 2.31. The maximum absolute atomic E-state index is 13.8. The van der Waals surface area contributed by atoms with Crippen LogP contribution in [0.15, 0.2) is 78.4 Å². The lowest BCUT2D eigenvalue weighted by molar-refractivity contribution is -0.133. The molecule has 3 aromatic rings. The largest absolute Gasteiger partial charge is 0.350 e. The van der Waals surface area contributed by atoms with Gasteiger partial charge < -0.3 is 10.2 Å². The first kappa shape index (κ1) is 23.1. The Hall–Kier alpha value is -3.67. The second-order valence-electron chi connectivity index (χ2n) is 9.70. The number of fused-ring (bicyclic) bond motifs is 1. The van der Waals surface area contributed by atoms with E-state index in [1.165, 1.54) is 18.4 Å². The predicted octanol–water partition coefficient (Wildman–Crippen LogP) is 4.97. The molecule has 2 amide bonds. The maximum Gasteiger partial charge on any atom is 0.273 e. The van der Waals surface area contributed by atoms with Crippen molar-refractivity contribution in [2.75, 3.05) is 6.54 Å². The van der Waals surface area contributed by atoms with E-state index in [4.69, 9.17) is 5.10 Å². The zero-order valence-corrected chi connectivity index (χ0v) is 20.2. The molecule has 1 aromatic heterocycles. The van der Waals surface area contributed by atoms with Crippen LogP contribution in [0.4, 0.5) is 0 Å². The van der Waals surface area contributed by atoms with E-state index >= 15 is 0 Å². The van der Waals surface area contributed by atoms with Gasteiger partial charge in [0.1, 0.15) is 11.2 Å². The molecule has 0 unspecified atom stereocenters. The van der Waals surface area contributed by atoms with E-state index < -0.39 is 5.54 Å². The third-order valence-electron chi connectivity index (χ3n) is 7.19. The molecular weight excluding hydrogens is 436 g/mol. The first-order valence-corrected chi connectivity index (χ1v) is 12.5. The zero-order valence-electron chi connectivity index (χ0n) is 20.2. The van der Waals surface area contributed by atoms with Crippen molar-refractivity contribution in [1.82, 2.24) is 20.0 Å². The van der Waals surface area contributed by atoms with Crippen molar-refractivity contribution in [2.24, 2.45) is 0 Å². The summed E-state index contributed by atoms with van der Waals surface area (Å²) in [7, 11) is 0. The fraction of sp³-hybridized carbons (Fsp3) is 0.345. The van der Waals surface area contributed by atoms with E-state index in [9.17, 15) is 9.59 Å². The molecule has 180 valence electrons. The van der Waals surface area contributed by atoms with Crippen molar-refractivity contribution >= 4 is 11.8 Å². The molecule has 0 spiro atoms. The maximum atomic E-state index is 13.8. The van der Waals surface area contributed by atoms with Crippen LogP contribution in [-0.2, 0) is 17.9 Å². The molecule has 0 saturated carbocycles. The Morgan fingerprint density at radius 2 is 1.80 bits per heavy atom. The van der Waals surface area contributed by atoms with E-state index in [2.05, 4.69) is 11.4 Å². The predicted molar refractivity (Wildman–Crippen MR) is 137 cm³/mol. The van der Waals surface area contributed by atoms with Gasteiger partial charge in [0.2, 0.25) is 5.91 Å². The summed E-state index contributed by atoms with van der Waals surface area (Å²) in [4.78, 5) is 29.2. The standard InChI is InChI=1S/C29H32N4O2/c1-29(28(35)30-20-23-13-7-3-8-14-23)21-33-26(19-25(31-33)24-15-9-4-10-16-24)27(34)32(29)18-17-22-11-5-2-6-12-22/h3-4,7-11,13-16,19H,2,5-6,12,17-18,20-21H2,1H3,(H,30,35)/t29-/m0/s1. The summed E-state index contributed by atoms with van der Waals surface area (Å²) >= 11 is 0. The van der Waals surface area contributed by atoms with Gasteiger partial charge in [0.15, 0.2) is 0 Å². The number of amides is 2. The van der Waals surface area contributed by atoms with Crippen LogP contribution in [0, 0.1) is 0 Å². The minimum Gasteiger partial charge on any atom is -0.350 e. The van der Waals surface area contributed by atoms with E-state index in [1.54, 1.807) is 9.58 Å². The number of aromatic nitrogens is 2. The Balaban J connectivity index is 1.43. The number of hydrogen-bond acceptors (Lipinski definition) is 3. The number of benzene rings is 2. The van der Waals surface area contributed by atoms with Gasteiger partial charge in [0, 0.05) is 18.7 Å². The van der Waals surface area contributed by atoms with Gasteiger partial charge in [-0.3, -0.25) is 14.3 Å². The summed E-state index contributed by atoms with van der Waals surface area (Å²) in [6.07, 6.45) is 7.71. The highest BCUT2D eigenvalue weighted by atomic mass is 16.2. The fourth-order valence-electron chi connectivity index (χ4n) is 5.10. The number of nitrogens with zero attached hydrogens (tertiary/aromatic N) is 3. The smallest absolute Gasteiger partial charge is 0.273 e. The monoisotopic (exact) mass is 468 g/mol. The van der Waals surface area contributed by atoms with E-state index in [1.807, 2.05) is 73.7 Å². The van der Waals surface area contributed by atoms with Gasteiger partial charge in [0.05, 0.1) is 12.2 Å². The zero-order chi connectivity index (χ0) is 24.3. The normalized spacial score (nSPS) is 19.7. The lowest BCUT2D eigenvalue weighted by atomic mass is 9.92. The molecule has 1 N–H and O–H groups in total. The lowest BCUT2D eigenvalue weighted by Gasteiger charge is -2.43. The Bertz CT molecular complexity index is 1230. The number of rotatable bonds is 7. The number of carbonyl (C=O) groups is 2. The molecule has 0 bridgehead atoms. The van der Waals surface area contributed by atoms with Crippen LogP contribution >= 0.6 is 0 Å². The minimum atomic E-state index is -1.03. The van der Waals surface area contributed by atoms with Gasteiger partial charge in [0.25, 0.3) is 5.91 Å². The van der Waals surface area contributed by atoms with Crippen molar-refractivity contribution in [3.8, 4) is 11.3 Å². The summed E-state index contributed by atoms with van der Waals surface area (Å²) in [6.45, 7) is 3.13. The SMILES string of the molecule is C[C@@]1(C(=O)NCc2ccccc2)Cn2nc(-c3ccccc3)cc2C(=O)N1CCC1=CCCCC1. The second-order valence-corrected chi connectivity index (χ2v) is 9.70. The fourth-order valence-corrected chi connectivity index (χ4v) is 5.10. The van der Waals surface area contributed by atoms with Crippen molar-refractivity contribution in [3.05, 3.63) is 89.6 Å². The summed E-state index contributed by atoms with van der Waals surface area (Å²) in [5, 5.41) is 7.81. The second kappa shape index (κ2) is 9.90. The highest BCUT2D eigenvalue weighted by Gasteiger charge is 2.47. The molecule has 1 aliphatic carbocycles. The van der Waals surface area contributed by atoms with Crippen molar-refractivity contribution in [3.63, 3.8) is 0 Å². The number of nitrogens with one attached hydrogen (secondary N) is 1. The van der Waals surface area contributed by atoms with Crippen LogP contribution in [0.25, 0.3) is 11.3 Å². The molecule has 35 heavy (non-hydrogen) atoms. The molecule has 0 saturated heterocycles. The first-order valence-electron chi connectivity index (χ1n) is 12.5. The molecule has 6 heteroatoms. The Kier molecular flexibility index (Phi) is 6.53. The van der Waals surface area contributed by atoms with Crippen molar-refractivity contribution in [1.29, 1.82) is 0 Å². The third kappa shape index (κ3) is 4.78. The third-order valence-corrected chi connectivity index (χ3v) is 7.19. The number of hydrogen-bond donors (Lipinski definition) is 1. The van der Waals surface area contributed by atoms with Crippen LogP contribution < -0.4 is 5.32 Å². The molecule has 0 fully saturated rings. The summed E-state index contributed by atoms with van der Waals surface area (Å²) < 4.78 is 1.71. The van der Waals surface area contributed by atoms with E-state index in [-0.39, 0.29) is 11.8 Å². The van der Waals surface area contributed by atoms with E-state index in [0.29, 0.717) is 25.3 Å². The molecule has 2 aromatic carbocycles. The lowest BCUT2D eigenvalue weighted by Crippen LogP contribution is -2.64. The average molecular weight is 469 g/mol. The minimum absolute atomic E-state index is 0.139. The molecule has 6 nitrogen and oxygen atoms in total. The van der Waals surface area contributed by atoms with Gasteiger partial charge in [-0.25, -0.2) is 0 Å². The molecule has 1 aliphatic heterocycles. The van der Waals surface area contributed by atoms with Crippen LogP contribution in [0.1, 0.15) is 55.1 Å². The molecule has 2 aliphatic rings. The topological polar surface area (TPSA) is 67.2 Å². The molecule has 2 heterocycles. The molecule has 1 atom stereocenters. The summed E-state index contributed by atoms with van der Waals surface area (Å²) in [5.41, 5.74) is 3.62. The van der Waals surface area contributed by atoms with Gasteiger partial charge in [-0.2, -0.15) is 5.10 Å². The summed E-state index contributed by atoms with van der Waals surface area (Å²) in [5.74, 6) is -0.297. The first-order chi connectivity index (χ1) is 17.0. The Morgan fingerprint density at radius 1 is 1.06 bits per heavy atom. The average Bonchev–Trinajstić information content (AvgIpc) is 3.33. The van der Waals surface area contributed by atoms with Crippen LogP contribution in [0.3, 0.4) is 0 Å². The van der Waals surface area contributed by atoms with Gasteiger partial charge in [-0.1, -0.05) is 72.3 Å². The number of allylic oxidation sites excluding steroid dienone is 1. The molecule has 0 radical (unpaired) electrons. The van der Waals surface area contributed by atoms with Crippen LogP contribution in [0.2, 0.25) is 0 Å². The quantitative estimate of drug-likeness (QED) is 0.498. The van der Waals surface area contributed by atoms with Crippen LogP contribution in [0.5, 0.6) is 0 Å². The van der Waals surface area contributed by atoms with Crippen molar-refractivity contribution < 1.29 is 9.59 Å². The van der Waals surface area contributed by atoms with Gasteiger partial charge in [-0.15, -0.1) is 0 Å². The van der Waals surface area contributed by atoms with Crippen molar-refractivity contribution in [2.45, 2.75) is 57.7 Å². The van der Waals surface area contributed by atoms with Gasteiger partial charge >= 0.3 is 0 Å². The Morgan fingerprint density at radius 3 is 2.51 bits per heavy atom.